The number of amides is 2. The maximum atomic E-state index is 13.0. The summed E-state index contributed by atoms with van der Waals surface area (Å²) in [6.07, 6.45) is 4.45. The molecule has 8 heteroatoms. The third-order valence-electron chi connectivity index (χ3n) is 4.97. The molecule has 27 heavy (non-hydrogen) atoms. The first kappa shape index (κ1) is 17.7. The third kappa shape index (κ3) is 3.44. The van der Waals surface area contributed by atoms with Crippen LogP contribution in [0.4, 0.5) is 15.6 Å². The molecular formula is C19H21N5O2S. The zero-order valence-electron chi connectivity index (χ0n) is 15.3. The number of carbonyl (C=O) groups is 1. The molecule has 1 atom stereocenters. The highest BCUT2D eigenvalue weighted by molar-refractivity contribution is 7.22. The Hall–Kier alpha value is -2.74. The fraction of sp³-hybridized carbons (Fsp3) is 0.368. The number of aryl methyl sites for hydroxylation is 2. The highest BCUT2D eigenvalue weighted by atomic mass is 32.1. The van der Waals surface area contributed by atoms with E-state index in [2.05, 4.69) is 22.5 Å². The largest absolute Gasteiger partial charge is 0.325 e. The van der Waals surface area contributed by atoms with Gasteiger partial charge in [-0.3, -0.25) is 20.0 Å². The van der Waals surface area contributed by atoms with Gasteiger partial charge in [-0.2, -0.15) is 0 Å². The SMILES string of the molecule is Cc1c(NC(=O)Nc2ccccn2)sc2nc3n(c(=O)c12)CC[C@H](C)CC3. The molecule has 0 unspecified atom stereocenters. The Labute approximate surface area is 160 Å². The predicted molar refractivity (Wildman–Crippen MR) is 108 cm³/mol. The first-order valence-corrected chi connectivity index (χ1v) is 9.86. The molecule has 0 bridgehead atoms. The summed E-state index contributed by atoms with van der Waals surface area (Å²) >= 11 is 1.34. The number of hydrogen-bond donors (Lipinski definition) is 2. The highest BCUT2D eigenvalue weighted by Gasteiger charge is 2.21. The van der Waals surface area contributed by atoms with Crippen LogP contribution in [0.3, 0.4) is 0 Å². The number of nitrogens with one attached hydrogen (secondary N) is 2. The average Bonchev–Trinajstić information content (AvgIpc) is 2.82. The Bertz CT molecular complexity index is 1060. The van der Waals surface area contributed by atoms with Crippen molar-refractivity contribution >= 4 is 38.4 Å². The number of urea groups is 1. The fourth-order valence-corrected chi connectivity index (χ4v) is 4.44. The molecule has 0 saturated heterocycles. The summed E-state index contributed by atoms with van der Waals surface area (Å²) in [6, 6.07) is 4.90. The van der Waals surface area contributed by atoms with Crippen molar-refractivity contribution in [3.8, 4) is 0 Å². The average molecular weight is 383 g/mol. The van der Waals surface area contributed by atoms with Crippen LogP contribution >= 0.6 is 11.3 Å². The lowest BCUT2D eigenvalue weighted by molar-refractivity contribution is 0.262. The van der Waals surface area contributed by atoms with Crippen LogP contribution in [-0.2, 0) is 13.0 Å². The van der Waals surface area contributed by atoms with E-state index in [1.807, 2.05) is 11.5 Å². The molecule has 2 amide bonds. The Morgan fingerprint density at radius 3 is 2.93 bits per heavy atom. The molecular weight excluding hydrogens is 362 g/mol. The summed E-state index contributed by atoms with van der Waals surface area (Å²) in [6.45, 7) is 4.77. The number of thiophene rings is 1. The van der Waals surface area contributed by atoms with Gasteiger partial charge in [0.2, 0.25) is 0 Å². The predicted octanol–water partition coefficient (Wildman–Crippen LogP) is 3.78. The molecule has 0 fully saturated rings. The number of carbonyl (C=O) groups excluding carboxylic acids is 1. The molecule has 3 aromatic rings. The molecule has 140 valence electrons. The summed E-state index contributed by atoms with van der Waals surface area (Å²) in [5.74, 6) is 1.91. The molecule has 7 nitrogen and oxygen atoms in total. The summed E-state index contributed by atoms with van der Waals surface area (Å²) in [5.41, 5.74) is 0.757. The number of fused-ring (bicyclic) bond motifs is 2. The monoisotopic (exact) mass is 383 g/mol. The zero-order valence-corrected chi connectivity index (χ0v) is 16.1. The van der Waals surface area contributed by atoms with Crippen LogP contribution in [0.15, 0.2) is 29.2 Å². The van der Waals surface area contributed by atoms with Gasteiger partial charge < -0.3 is 0 Å². The molecule has 0 radical (unpaired) electrons. The minimum atomic E-state index is -0.390. The normalized spacial score (nSPS) is 16.6. The number of hydrogen-bond acceptors (Lipinski definition) is 5. The van der Waals surface area contributed by atoms with Crippen LogP contribution in [0.25, 0.3) is 10.2 Å². The second-order valence-electron chi connectivity index (χ2n) is 6.95. The van der Waals surface area contributed by atoms with Gasteiger partial charge in [-0.05, 0) is 43.4 Å². The number of pyridine rings is 1. The molecule has 3 aromatic heterocycles. The lowest BCUT2D eigenvalue weighted by Gasteiger charge is -2.08. The van der Waals surface area contributed by atoms with E-state index in [-0.39, 0.29) is 11.6 Å². The molecule has 2 N–H and O–H groups in total. The van der Waals surface area contributed by atoms with Gasteiger partial charge in [0.05, 0.1) is 5.39 Å². The number of aromatic nitrogens is 3. The topological polar surface area (TPSA) is 88.9 Å². The van der Waals surface area contributed by atoms with Crippen molar-refractivity contribution in [1.82, 2.24) is 14.5 Å². The van der Waals surface area contributed by atoms with Gasteiger partial charge in [0, 0.05) is 19.2 Å². The van der Waals surface area contributed by atoms with Gasteiger partial charge in [0.25, 0.3) is 5.56 Å². The van der Waals surface area contributed by atoms with Crippen LogP contribution in [0.5, 0.6) is 0 Å². The molecule has 0 saturated carbocycles. The van der Waals surface area contributed by atoms with Gasteiger partial charge in [-0.1, -0.05) is 24.3 Å². The molecule has 1 aliphatic heterocycles. The lowest BCUT2D eigenvalue weighted by atomic mass is 10.0. The van der Waals surface area contributed by atoms with Crippen LogP contribution in [0.2, 0.25) is 0 Å². The molecule has 1 aliphatic rings. The van der Waals surface area contributed by atoms with Gasteiger partial charge in [0.15, 0.2) is 0 Å². The maximum Gasteiger partial charge on any atom is 0.325 e. The smallest absolute Gasteiger partial charge is 0.299 e. The summed E-state index contributed by atoms with van der Waals surface area (Å²) in [5, 5.41) is 6.75. The number of anilines is 2. The lowest BCUT2D eigenvalue weighted by Crippen LogP contribution is -2.24. The molecule has 0 spiro atoms. The van der Waals surface area contributed by atoms with Gasteiger partial charge in [0.1, 0.15) is 21.5 Å². The summed E-state index contributed by atoms with van der Waals surface area (Å²) < 4.78 is 1.81. The first-order chi connectivity index (χ1) is 13.0. The Morgan fingerprint density at radius 2 is 2.15 bits per heavy atom. The number of rotatable bonds is 2. The van der Waals surface area contributed by atoms with E-state index < -0.39 is 0 Å². The van der Waals surface area contributed by atoms with E-state index in [1.54, 1.807) is 24.4 Å². The maximum absolute atomic E-state index is 13.0. The van der Waals surface area contributed by atoms with Crippen molar-refractivity contribution in [2.75, 3.05) is 10.6 Å². The van der Waals surface area contributed by atoms with Crippen LogP contribution < -0.4 is 16.2 Å². The standard InChI is InChI=1S/C19H21N5O2S/c1-11-6-7-14-22-17-15(18(25)24(14)10-8-11)12(2)16(27-17)23-19(26)21-13-5-3-4-9-20-13/h3-5,9,11H,6-8,10H2,1-2H3,(H2,20,21,23,26)/t11-/m1/s1. The summed E-state index contributed by atoms with van der Waals surface area (Å²) in [4.78, 5) is 34.8. The van der Waals surface area contributed by atoms with Crippen molar-refractivity contribution in [1.29, 1.82) is 0 Å². The van der Waals surface area contributed by atoms with Crippen LogP contribution in [0, 0.1) is 12.8 Å². The van der Waals surface area contributed by atoms with Crippen molar-refractivity contribution < 1.29 is 4.79 Å². The zero-order chi connectivity index (χ0) is 19.0. The second-order valence-corrected chi connectivity index (χ2v) is 7.95. The molecule has 0 aromatic carbocycles. The van der Waals surface area contributed by atoms with Crippen molar-refractivity contribution in [2.45, 2.75) is 39.7 Å². The van der Waals surface area contributed by atoms with E-state index in [0.29, 0.717) is 33.5 Å². The Balaban J connectivity index is 1.65. The number of nitrogens with zero attached hydrogens (tertiary/aromatic N) is 3. The summed E-state index contributed by atoms with van der Waals surface area (Å²) in [7, 11) is 0. The second kappa shape index (κ2) is 7.11. The molecule has 0 aliphatic carbocycles. The van der Waals surface area contributed by atoms with Gasteiger partial charge in [-0.25, -0.2) is 14.8 Å². The Morgan fingerprint density at radius 1 is 1.30 bits per heavy atom. The fourth-order valence-electron chi connectivity index (χ4n) is 3.36. The minimum Gasteiger partial charge on any atom is -0.299 e. The molecule has 4 rings (SSSR count). The van der Waals surface area contributed by atoms with Crippen molar-refractivity contribution in [3.63, 3.8) is 0 Å². The van der Waals surface area contributed by atoms with E-state index in [1.165, 1.54) is 11.3 Å². The van der Waals surface area contributed by atoms with Crippen molar-refractivity contribution in [2.24, 2.45) is 5.92 Å². The quantitative estimate of drug-likeness (QED) is 0.705. The van der Waals surface area contributed by atoms with Gasteiger partial charge in [-0.15, -0.1) is 0 Å². The van der Waals surface area contributed by atoms with E-state index in [9.17, 15) is 9.59 Å². The molecule has 4 heterocycles. The van der Waals surface area contributed by atoms with Crippen LogP contribution in [-0.4, -0.2) is 20.6 Å². The minimum absolute atomic E-state index is 0.00367. The van der Waals surface area contributed by atoms with E-state index in [0.717, 1.165) is 30.7 Å². The van der Waals surface area contributed by atoms with Crippen LogP contribution in [0.1, 0.15) is 31.2 Å². The first-order valence-electron chi connectivity index (χ1n) is 9.05. The van der Waals surface area contributed by atoms with E-state index >= 15 is 0 Å². The van der Waals surface area contributed by atoms with Gasteiger partial charge >= 0.3 is 6.03 Å². The third-order valence-corrected chi connectivity index (χ3v) is 6.07. The highest BCUT2D eigenvalue weighted by Crippen LogP contribution is 2.33. The van der Waals surface area contributed by atoms with Crippen molar-refractivity contribution in [3.05, 3.63) is 46.1 Å². The van der Waals surface area contributed by atoms with E-state index in [4.69, 9.17) is 4.98 Å². The Kier molecular flexibility index (Phi) is 4.65.